The molecule has 1 saturated heterocycles. The minimum atomic E-state index is -0.514. The number of nitrogens with zero attached hydrogens (tertiary/aromatic N) is 3. The number of carbonyl (C=O) groups excluding carboxylic acids is 5. The number of likely N-dealkylation sites (tertiary alicyclic amines) is 1. The van der Waals surface area contributed by atoms with Gasteiger partial charge in [0, 0.05) is 42.7 Å². The molecule has 1 aromatic heterocycles. The maximum Gasteiger partial charge on any atom is 0.418 e. The Morgan fingerprint density at radius 2 is 1.52 bits per heavy atom. The lowest BCUT2D eigenvalue weighted by Gasteiger charge is -2.23. The molecule has 0 saturated carbocycles. The number of benzene rings is 1. The Morgan fingerprint density at radius 3 is 2.18 bits per heavy atom. The van der Waals surface area contributed by atoms with Gasteiger partial charge in [0.1, 0.15) is 0 Å². The fourth-order valence-electron chi connectivity index (χ4n) is 5.25. The second kappa shape index (κ2) is 7.99. The molecule has 5 rings (SSSR count). The number of amides is 4. The van der Waals surface area contributed by atoms with Crippen molar-refractivity contribution in [3.05, 3.63) is 47.7 Å². The molecule has 33 heavy (non-hydrogen) atoms. The van der Waals surface area contributed by atoms with Gasteiger partial charge in [-0.15, -0.1) is 0 Å². The summed E-state index contributed by atoms with van der Waals surface area (Å²) in [4.78, 5) is 64.5. The van der Waals surface area contributed by atoms with Crippen LogP contribution in [0, 0.1) is 11.8 Å². The number of carbonyl (C=O) groups is 5. The van der Waals surface area contributed by atoms with Crippen LogP contribution in [-0.2, 0) is 36.8 Å². The SMILES string of the molecule is COC(=O)n1c2c(c3ccccc31)CC1C(=O)N(CCCCN3C(=O)C=CC3=O)C(=O)C1C2. The van der Waals surface area contributed by atoms with E-state index in [-0.39, 0.29) is 36.7 Å². The van der Waals surface area contributed by atoms with Crippen LogP contribution in [0.15, 0.2) is 36.4 Å². The van der Waals surface area contributed by atoms with Crippen LogP contribution in [0.1, 0.15) is 24.1 Å². The van der Waals surface area contributed by atoms with Crippen LogP contribution < -0.4 is 0 Å². The monoisotopic (exact) mass is 449 g/mol. The number of imide groups is 2. The van der Waals surface area contributed by atoms with Gasteiger partial charge in [-0.05, 0) is 30.9 Å². The van der Waals surface area contributed by atoms with Crippen LogP contribution in [-0.4, -0.2) is 64.3 Å². The highest BCUT2D eigenvalue weighted by atomic mass is 16.5. The molecule has 1 aliphatic carbocycles. The Balaban J connectivity index is 1.32. The second-order valence-electron chi connectivity index (χ2n) is 8.57. The van der Waals surface area contributed by atoms with Gasteiger partial charge in [0.25, 0.3) is 11.8 Å². The molecule has 1 fully saturated rings. The average molecular weight is 449 g/mol. The summed E-state index contributed by atoms with van der Waals surface area (Å²) in [5.74, 6) is -2.06. The Bertz CT molecular complexity index is 1220. The van der Waals surface area contributed by atoms with Gasteiger partial charge < -0.3 is 4.74 Å². The zero-order chi connectivity index (χ0) is 23.3. The van der Waals surface area contributed by atoms with Crippen molar-refractivity contribution in [1.29, 1.82) is 0 Å². The lowest BCUT2D eigenvalue weighted by Crippen LogP contribution is -2.34. The molecular formula is C24H23N3O6. The zero-order valence-corrected chi connectivity index (χ0v) is 18.2. The summed E-state index contributed by atoms with van der Waals surface area (Å²) in [5, 5.41) is 0.892. The second-order valence-corrected chi connectivity index (χ2v) is 8.57. The van der Waals surface area contributed by atoms with E-state index < -0.39 is 17.9 Å². The molecule has 3 heterocycles. The molecule has 2 aliphatic heterocycles. The topological polar surface area (TPSA) is 106 Å². The van der Waals surface area contributed by atoms with Crippen LogP contribution in [0.5, 0.6) is 0 Å². The summed E-state index contributed by atoms with van der Waals surface area (Å²) in [6.07, 6.45) is 3.66. The largest absolute Gasteiger partial charge is 0.452 e. The highest BCUT2D eigenvalue weighted by Crippen LogP contribution is 2.41. The number of unbranched alkanes of at least 4 members (excludes halogenated alkanes) is 1. The summed E-state index contributed by atoms with van der Waals surface area (Å²) in [6, 6.07) is 7.48. The van der Waals surface area contributed by atoms with Crippen LogP contribution in [0.4, 0.5) is 4.79 Å². The lowest BCUT2D eigenvalue weighted by atomic mass is 9.79. The van der Waals surface area contributed by atoms with E-state index >= 15 is 0 Å². The first kappa shape index (κ1) is 21.1. The maximum absolute atomic E-state index is 13.1. The molecule has 0 bridgehead atoms. The van der Waals surface area contributed by atoms with Gasteiger partial charge in [0.15, 0.2) is 0 Å². The first-order valence-corrected chi connectivity index (χ1v) is 11.0. The summed E-state index contributed by atoms with van der Waals surface area (Å²) in [7, 11) is 1.32. The first-order valence-electron chi connectivity index (χ1n) is 11.0. The van der Waals surface area contributed by atoms with E-state index in [1.54, 1.807) is 0 Å². The number of aromatic nitrogens is 1. The highest BCUT2D eigenvalue weighted by molar-refractivity contribution is 6.12. The minimum absolute atomic E-state index is 0.194. The van der Waals surface area contributed by atoms with Gasteiger partial charge in [-0.25, -0.2) is 9.36 Å². The van der Waals surface area contributed by atoms with Crippen molar-refractivity contribution < 1.29 is 28.7 Å². The Kier molecular flexibility index (Phi) is 5.11. The van der Waals surface area contributed by atoms with Crippen LogP contribution in [0.2, 0.25) is 0 Å². The van der Waals surface area contributed by atoms with Gasteiger partial charge in [0.2, 0.25) is 11.8 Å². The van der Waals surface area contributed by atoms with E-state index in [0.29, 0.717) is 31.2 Å². The van der Waals surface area contributed by atoms with E-state index in [1.807, 2.05) is 24.3 Å². The summed E-state index contributed by atoms with van der Waals surface area (Å²) < 4.78 is 6.49. The smallest absolute Gasteiger partial charge is 0.418 e. The number of rotatable bonds is 5. The maximum atomic E-state index is 13.1. The lowest BCUT2D eigenvalue weighted by molar-refractivity contribution is -0.141. The summed E-state index contributed by atoms with van der Waals surface area (Å²) in [6.45, 7) is 0.505. The Hall–Kier alpha value is -3.75. The van der Waals surface area contributed by atoms with Gasteiger partial charge in [-0.1, -0.05) is 18.2 Å². The minimum Gasteiger partial charge on any atom is -0.452 e. The molecule has 2 atom stereocenters. The molecule has 170 valence electrons. The van der Waals surface area contributed by atoms with Gasteiger partial charge >= 0.3 is 6.09 Å². The molecule has 4 amide bonds. The van der Waals surface area contributed by atoms with Crippen molar-refractivity contribution in [1.82, 2.24) is 14.4 Å². The van der Waals surface area contributed by atoms with Crippen LogP contribution >= 0.6 is 0 Å². The standard InChI is InChI=1S/C24H23N3O6/c1-33-24(32)27-18-7-3-2-6-14(18)15-12-16-17(13-19(15)27)23(31)26(22(16)30)11-5-4-10-25-20(28)8-9-21(25)29/h2-3,6-9,16-17H,4-5,10-13H2,1H3. The number of methoxy groups -OCH3 is 1. The fourth-order valence-corrected chi connectivity index (χ4v) is 5.25. The average Bonchev–Trinajstić information content (AvgIpc) is 3.40. The van der Waals surface area contributed by atoms with Crippen molar-refractivity contribution in [3.8, 4) is 0 Å². The van der Waals surface area contributed by atoms with Gasteiger partial charge in [0.05, 0.1) is 24.5 Å². The zero-order valence-electron chi connectivity index (χ0n) is 18.2. The predicted molar refractivity (Wildman–Crippen MR) is 116 cm³/mol. The third-order valence-electron chi connectivity index (χ3n) is 6.85. The normalized spacial score (nSPS) is 21.8. The Morgan fingerprint density at radius 1 is 0.909 bits per heavy atom. The van der Waals surface area contributed by atoms with Crippen molar-refractivity contribution >= 4 is 40.6 Å². The molecule has 2 aromatic rings. The van der Waals surface area contributed by atoms with Gasteiger partial charge in [-0.3, -0.25) is 29.0 Å². The van der Waals surface area contributed by atoms with Crippen molar-refractivity contribution in [2.75, 3.05) is 20.2 Å². The number of hydrogen-bond donors (Lipinski definition) is 0. The molecule has 1 aromatic carbocycles. The molecule has 0 radical (unpaired) electrons. The van der Waals surface area contributed by atoms with Crippen molar-refractivity contribution in [3.63, 3.8) is 0 Å². The van der Waals surface area contributed by atoms with Gasteiger partial charge in [-0.2, -0.15) is 0 Å². The summed E-state index contributed by atoms with van der Waals surface area (Å²) >= 11 is 0. The molecule has 3 aliphatic rings. The van der Waals surface area contributed by atoms with Crippen molar-refractivity contribution in [2.24, 2.45) is 11.8 Å². The molecule has 2 unspecified atom stereocenters. The number of fused-ring (bicyclic) bond motifs is 4. The molecule has 9 nitrogen and oxygen atoms in total. The third-order valence-corrected chi connectivity index (χ3v) is 6.85. The van der Waals surface area contributed by atoms with E-state index in [4.69, 9.17) is 4.74 Å². The quantitative estimate of drug-likeness (QED) is 0.508. The molecule has 0 N–H and O–H groups in total. The predicted octanol–water partition coefficient (Wildman–Crippen LogP) is 1.66. The highest BCUT2D eigenvalue weighted by Gasteiger charge is 2.50. The van der Waals surface area contributed by atoms with Crippen molar-refractivity contribution in [2.45, 2.75) is 25.7 Å². The van der Waals surface area contributed by atoms with E-state index in [0.717, 1.165) is 21.5 Å². The number of ether oxygens (including phenoxy) is 1. The summed E-state index contributed by atoms with van der Waals surface area (Å²) in [5.41, 5.74) is 2.36. The molecule has 9 heteroatoms. The molecule has 0 spiro atoms. The molecular weight excluding hydrogens is 426 g/mol. The fraction of sp³-hybridized carbons (Fsp3) is 0.375. The van der Waals surface area contributed by atoms with Crippen LogP contribution in [0.3, 0.4) is 0 Å². The van der Waals surface area contributed by atoms with E-state index in [2.05, 4.69) is 0 Å². The number of hydrogen-bond acceptors (Lipinski definition) is 6. The Labute approximate surface area is 189 Å². The van der Waals surface area contributed by atoms with Crippen LogP contribution in [0.25, 0.3) is 10.9 Å². The van der Waals surface area contributed by atoms with E-state index in [9.17, 15) is 24.0 Å². The third kappa shape index (κ3) is 3.26. The number of para-hydroxylation sites is 1. The first-order chi connectivity index (χ1) is 15.9. The van der Waals surface area contributed by atoms with E-state index in [1.165, 1.54) is 28.7 Å².